The minimum Gasteiger partial charge on any atom is -0.376 e. The predicted octanol–water partition coefficient (Wildman–Crippen LogP) is 3.48. The summed E-state index contributed by atoms with van der Waals surface area (Å²) in [7, 11) is 0. The minimum absolute atomic E-state index is 0. The molecular formula is C16H25Cl2N5O. The smallest absolute Gasteiger partial charge is 0.165 e. The summed E-state index contributed by atoms with van der Waals surface area (Å²) in [6.07, 6.45) is 13.2. The predicted molar refractivity (Wildman–Crippen MR) is 99.1 cm³/mol. The van der Waals surface area contributed by atoms with Crippen molar-refractivity contribution in [1.29, 1.82) is 0 Å². The molecule has 2 saturated carbocycles. The third kappa shape index (κ3) is 3.32. The number of anilines is 1. The summed E-state index contributed by atoms with van der Waals surface area (Å²) >= 11 is 0. The number of imidazole rings is 1. The second kappa shape index (κ2) is 8.32. The van der Waals surface area contributed by atoms with Gasteiger partial charge in [0.15, 0.2) is 17.0 Å². The van der Waals surface area contributed by atoms with Crippen molar-refractivity contribution in [2.45, 2.75) is 63.5 Å². The van der Waals surface area contributed by atoms with Crippen LogP contribution in [0.15, 0.2) is 12.7 Å². The van der Waals surface area contributed by atoms with Gasteiger partial charge in [0.2, 0.25) is 0 Å². The van der Waals surface area contributed by atoms with Crippen LogP contribution >= 0.6 is 24.8 Å². The van der Waals surface area contributed by atoms with E-state index in [2.05, 4.69) is 19.5 Å². The molecule has 8 heteroatoms. The maximum atomic E-state index is 9.85. The van der Waals surface area contributed by atoms with Gasteiger partial charge in [0.1, 0.15) is 13.1 Å². The normalized spacial score (nSPS) is 18.5. The molecule has 0 bridgehead atoms. The van der Waals surface area contributed by atoms with Gasteiger partial charge in [-0.05, 0) is 25.7 Å². The molecule has 0 spiro atoms. The zero-order valence-corrected chi connectivity index (χ0v) is 15.3. The Kier molecular flexibility index (Phi) is 6.66. The van der Waals surface area contributed by atoms with E-state index in [9.17, 15) is 5.11 Å². The molecule has 1 N–H and O–H groups in total. The van der Waals surface area contributed by atoms with Crippen molar-refractivity contribution in [2.24, 2.45) is 0 Å². The van der Waals surface area contributed by atoms with E-state index < -0.39 is 0 Å². The quantitative estimate of drug-likeness (QED) is 0.830. The zero-order chi connectivity index (χ0) is 14.9. The van der Waals surface area contributed by atoms with E-state index in [1.165, 1.54) is 38.5 Å². The fraction of sp³-hybridized carbons (Fsp3) is 0.688. The average Bonchev–Trinajstić information content (AvgIpc) is 3.29. The second-order valence-electron chi connectivity index (χ2n) is 6.51. The Bertz CT molecular complexity index is 653. The number of hydrogen-bond acceptors (Lipinski definition) is 5. The Labute approximate surface area is 154 Å². The molecule has 24 heavy (non-hydrogen) atoms. The molecule has 2 heterocycles. The highest BCUT2D eigenvalue weighted by molar-refractivity contribution is 5.85. The van der Waals surface area contributed by atoms with E-state index in [1.807, 2.05) is 11.2 Å². The van der Waals surface area contributed by atoms with Gasteiger partial charge < -0.3 is 14.6 Å². The second-order valence-corrected chi connectivity index (χ2v) is 6.51. The molecule has 0 aliphatic heterocycles. The number of hydrogen-bond donors (Lipinski definition) is 1. The van der Waals surface area contributed by atoms with E-state index in [0.717, 1.165) is 29.8 Å². The molecule has 6 nitrogen and oxygen atoms in total. The first-order chi connectivity index (χ1) is 10.9. The van der Waals surface area contributed by atoms with Crippen LogP contribution < -0.4 is 4.90 Å². The van der Waals surface area contributed by atoms with E-state index in [1.54, 1.807) is 6.33 Å². The van der Waals surface area contributed by atoms with Gasteiger partial charge in [-0.2, -0.15) is 0 Å². The van der Waals surface area contributed by atoms with Gasteiger partial charge in [-0.1, -0.05) is 25.7 Å². The third-order valence-electron chi connectivity index (χ3n) is 5.25. The van der Waals surface area contributed by atoms with Crippen LogP contribution in [0.2, 0.25) is 0 Å². The summed E-state index contributed by atoms with van der Waals surface area (Å²) in [5, 5.41) is 9.85. The SMILES string of the molecule is Cl.Cl.OCN(c1ncnc2c1ncn2C1CCCC1)C1CCCC1. The van der Waals surface area contributed by atoms with Crippen LogP contribution in [0.4, 0.5) is 5.82 Å². The van der Waals surface area contributed by atoms with E-state index in [-0.39, 0.29) is 31.5 Å². The first kappa shape index (κ1) is 19.2. The van der Waals surface area contributed by atoms with Crippen molar-refractivity contribution >= 4 is 41.8 Å². The van der Waals surface area contributed by atoms with Crippen LogP contribution in [0, 0.1) is 0 Å². The molecule has 2 aromatic heterocycles. The van der Waals surface area contributed by atoms with E-state index in [4.69, 9.17) is 0 Å². The van der Waals surface area contributed by atoms with E-state index >= 15 is 0 Å². The highest BCUT2D eigenvalue weighted by atomic mass is 35.5. The summed E-state index contributed by atoms with van der Waals surface area (Å²) in [5.74, 6) is 0.788. The van der Waals surface area contributed by atoms with Gasteiger partial charge in [-0.25, -0.2) is 15.0 Å². The molecule has 0 amide bonds. The monoisotopic (exact) mass is 373 g/mol. The van der Waals surface area contributed by atoms with Crippen LogP contribution in [0.1, 0.15) is 57.4 Å². The van der Waals surface area contributed by atoms with Crippen LogP contribution in [-0.4, -0.2) is 37.4 Å². The Balaban J connectivity index is 0.00000104. The summed E-state index contributed by atoms with van der Waals surface area (Å²) in [4.78, 5) is 15.5. The average molecular weight is 374 g/mol. The standard InChI is InChI=1S/C16H23N5O.2ClH/c22-11-21(13-7-3-4-8-13)16-14-15(17-9-18-16)20(10-19-14)12-5-1-2-6-12;;/h9-10,12-13,22H,1-8,11H2;2*1H. The largest absolute Gasteiger partial charge is 0.376 e. The third-order valence-corrected chi connectivity index (χ3v) is 5.25. The van der Waals surface area contributed by atoms with Gasteiger partial charge in [0, 0.05) is 12.1 Å². The van der Waals surface area contributed by atoms with Crippen LogP contribution in [-0.2, 0) is 0 Å². The maximum absolute atomic E-state index is 9.85. The Morgan fingerprint density at radius 3 is 2.33 bits per heavy atom. The van der Waals surface area contributed by atoms with Crippen molar-refractivity contribution in [3.63, 3.8) is 0 Å². The number of halogens is 2. The molecule has 0 atom stereocenters. The summed E-state index contributed by atoms with van der Waals surface area (Å²) < 4.78 is 2.21. The number of fused-ring (bicyclic) bond motifs is 1. The molecule has 2 fully saturated rings. The Morgan fingerprint density at radius 1 is 1.00 bits per heavy atom. The highest BCUT2D eigenvalue weighted by Gasteiger charge is 2.27. The Hall–Kier alpha value is -1.11. The van der Waals surface area contributed by atoms with Gasteiger partial charge in [-0.15, -0.1) is 24.8 Å². The number of rotatable bonds is 4. The molecule has 2 aliphatic carbocycles. The lowest BCUT2D eigenvalue weighted by Crippen LogP contribution is -2.35. The Morgan fingerprint density at radius 2 is 1.67 bits per heavy atom. The highest BCUT2D eigenvalue weighted by Crippen LogP contribution is 2.34. The molecular weight excluding hydrogens is 349 g/mol. The van der Waals surface area contributed by atoms with Crippen molar-refractivity contribution < 1.29 is 5.11 Å². The maximum Gasteiger partial charge on any atom is 0.165 e. The van der Waals surface area contributed by atoms with Gasteiger partial charge in [0.05, 0.1) is 6.33 Å². The molecule has 0 aromatic carbocycles. The lowest BCUT2D eigenvalue weighted by molar-refractivity contribution is 0.275. The first-order valence-electron chi connectivity index (χ1n) is 8.43. The number of aliphatic hydroxyl groups is 1. The molecule has 2 aromatic rings. The zero-order valence-electron chi connectivity index (χ0n) is 13.7. The number of aromatic nitrogens is 4. The minimum atomic E-state index is -0.00688. The van der Waals surface area contributed by atoms with Crippen molar-refractivity contribution in [3.05, 3.63) is 12.7 Å². The molecule has 0 saturated heterocycles. The molecule has 134 valence electrons. The van der Waals surface area contributed by atoms with E-state index in [0.29, 0.717) is 12.1 Å². The van der Waals surface area contributed by atoms with Gasteiger partial charge >= 0.3 is 0 Å². The lowest BCUT2D eigenvalue weighted by atomic mass is 10.2. The molecule has 0 unspecified atom stereocenters. The summed E-state index contributed by atoms with van der Waals surface area (Å²) in [5.41, 5.74) is 1.74. The van der Waals surface area contributed by atoms with Crippen LogP contribution in [0.5, 0.6) is 0 Å². The molecule has 4 rings (SSSR count). The number of aliphatic hydroxyl groups excluding tert-OH is 1. The lowest BCUT2D eigenvalue weighted by Gasteiger charge is -2.27. The first-order valence-corrected chi connectivity index (χ1v) is 8.43. The van der Waals surface area contributed by atoms with Crippen LogP contribution in [0.3, 0.4) is 0 Å². The summed E-state index contributed by atoms with van der Waals surface area (Å²) in [6, 6.07) is 0.890. The topological polar surface area (TPSA) is 67.1 Å². The van der Waals surface area contributed by atoms with Gasteiger partial charge in [-0.3, -0.25) is 0 Å². The van der Waals surface area contributed by atoms with Crippen LogP contribution in [0.25, 0.3) is 11.2 Å². The van der Waals surface area contributed by atoms with Gasteiger partial charge in [0.25, 0.3) is 0 Å². The van der Waals surface area contributed by atoms with Crippen molar-refractivity contribution in [3.8, 4) is 0 Å². The summed E-state index contributed by atoms with van der Waals surface area (Å²) in [6.45, 7) is -0.00688. The molecule has 2 aliphatic rings. The number of nitrogens with zero attached hydrogens (tertiary/aromatic N) is 5. The van der Waals surface area contributed by atoms with Crippen molar-refractivity contribution in [2.75, 3.05) is 11.6 Å². The van der Waals surface area contributed by atoms with Crippen molar-refractivity contribution in [1.82, 2.24) is 19.5 Å². The molecule has 0 radical (unpaired) electrons. The fourth-order valence-electron chi connectivity index (χ4n) is 4.07. The fourth-order valence-corrected chi connectivity index (χ4v) is 4.07.